The van der Waals surface area contributed by atoms with Crippen LogP contribution in [0, 0.1) is 0 Å². The third-order valence-corrected chi connectivity index (χ3v) is 11.6. The van der Waals surface area contributed by atoms with Crippen LogP contribution in [0.2, 0.25) is 0 Å². The molecule has 5 aromatic heterocycles. The summed E-state index contributed by atoms with van der Waals surface area (Å²) in [6.45, 7) is 0. The molecule has 0 saturated carbocycles. The number of furan rings is 1. The predicted molar refractivity (Wildman–Crippen MR) is 233 cm³/mol. The molecule has 0 atom stereocenters. The largest absolute Gasteiger partial charge is 0.456 e. The number of hydrogen-bond donors (Lipinski definition) is 0. The van der Waals surface area contributed by atoms with Gasteiger partial charge in [-0.2, -0.15) is 0 Å². The van der Waals surface area contributed by atoms with E-state index in [-0.39, 0.29) is 0 Å². The molecule has 0 aliphatic rings. The van der Waals surface area contributed by atoms with Crippen molar-refractivity contribution in [3.8, 4) is 38.6 Å². The highest BCUT2D eigenvalue weighted by Crippen LogP contribution is 2.45. The highest BCUT2D eigenvalue weighted by molar-refractivity contribution is 7.19. The van der Waals surface area contributed by atoms with Gasteiger partial charge in [0, 0.05) is 73.1 Å². The summed E-state index contributed by atoms with van der Waals surface area (Å²) in [6, 6.07) is 64.0. The second-order valence-electron chi connectivity index (χ2n) is 13.9. The van der Waals surface area contributed by atoms with E-state index in [1.54, 1.807) is 11.3 Å². The number of benzene rings is 6. The first-order valence-corrected chi connectivity index (χ1v) is 19.4. The minimum atomic E-state index is 0.878. The highest BCUT2D eigenvalue weighted by Gasteiger charge is 2.20. The van der Waals surface area contributed by atoms with Crippen molar-refractivity contribution in [2.75, 3.05) is 4.90 Å². The zero-order valence-electron chi connectivity index (χ0n) is 30.1. The molecule has 11 aromatic rings. The fraction of sp³-hybridized carbons (Fsp3) is 0. The zero-order valence-corrected chi connectivity index (χ0v) is 30.9. The van der Waals surface area contributed by atoms with Gasteiger partial charge in [-0.05, 0) is 109 Å². The Morgan fingerprint density at radius 1 is 0.446 bits per heavy atom. The Balaban J connectivity index is 1.04. The maximum absolute atomic E-state index is 6.56. The first kappa shape index (κ1) is 32.2. The molecule has 6 heteroatoms. The second-order valence-corrected chi connectivity index (χ2v) is 14.9. The maximum Gasteiger partial charge on any atom is 0.137 e. The Morgan fingerprint density at radius 3 is 1.84 bits per heavy atom. The van der Waals surface area contributed by atoms with Crippen LogP contribution < -0.4 is 4.90 Å². The smallest absolute Gasteiger partial charge is 0.137 e. The number of aromatic nitrogens is 3. The SMILES string of the molecule is c1ccc(-n2c3ccccc3c3cc4c(cc32)oc2ccc(-c3ccc(N(c5cccc(-c6ccccn6)c5)c5cccc(-c6ccccn6)c5)s3)cc24)cc1. The van der Waals surface area contributed by atoms with Gasteiger partial charge in [0.1, 0.15) is 16.2 Å². The molecule has 0 spiro atoms. The van der Waals surface area contributed by atoms with Crippen LogP contribution in [0.15, 0.2) is 199 Å². The molecular weight excluding hydrogens is 705 g/mol. The summed E-state index contributed by atoms with van der Waals surface area (Å²) in [5.74, 6) is 0. The van der Waals surface area contributed by atoms with Gasteiger partial charge in [-0.1, -0.05) is 72.8 Å². The Kier molecular flexibility index (Phi) is 7.60. The Morgan fingerprint density at radius 2 is 1.12 bits per heavy atom. The molecule has 5 nitrogen and oxygen atoms in total. The van der Waals surface area contributed by atoms with E-state index in [9.17, 15) is 0 Å². The average molecular weight is 737 g/mol. The third kappa shape index (κ3) is 5.46. The van der Waals surface area contributed by atoms with Crippen molar-refractivity contribution in [1.29, 1.82) is 0 Å². The van der Waals surface area contributed by atoms with Crippen LogP contribution in [0.3, 0.4) is 0 Å². The lowest BCUT2D eigenvalue weighted by atomic mass is 10.1. The van der Waals surface area contributed by atoms with Gasteiger partial charge >= 0.3 is 0 Å². The number of nitrogens with zero attached hydrogens (tertiary/aromatic N) is 4. The van der Waals surface area contributed by atoms with E-state index in [1.165, 1.54) is 21.2 Å². The van der Waals surface area contributed by atoms with Crippen LogP contribution in [-0.2, 0) is 0 Å². The van der Waals surface area contributed by atoms with Gasteiger partial charge in [-0.15, -0.1) is 11.3 Å². The number of rotatable bonds is 7. The molecule has 0 amide bonds. The van der Waals surface area contributed by atoms with Gasteiger partial charge in [0.15, 0.2) is 0 Å². The van der Waals surface area contributed by atoms with Crippen LogP contribution in [0.25, 0.3) is 82.4 Å². The minimum Gasteiger partial charge on any atom is -0.456 e. The lowest BCUT2D eigenvalue weighted by molar-refractivity contribution is 0.669. The quantitative estimate of drug-likeness (QED) is 0.163. The minimum absolute atomic E-state index is 0.878. The maximum atomic E-state index is 6.56. The topological polar surface area (TPSA) is 47.1 Å². The van der Waals surface area contributed by atoms with Gasteiger partial charge in [-0.25, -0.2) is 0 Å². The molecule has 264 valence electrons. The predicted octanol–water partition coefficient (Wildman–Crippen LogP) is 14.0. The average Bonchev–Trinajstić information content (AvgIpc) is 3.98. The molecule has 0 saturated heterocycles. The van der Waals surface area contributed by atoms with E-state index in [4.69, 9.17) is 4.42 Å². The van der Waals surface area contributed by atoms with E-state index < -0.39 is 0 Å². The van der Waals surface area contributed by atoms with Crippen molar-refractivity contribution < 1.29 is 4.42 Å². The summed E-state index contributed by atoms with van der Waals surface area (Å²) in [4.78, 5) is 12.8. The molecule has 5 heterocycles. The third-order valence-electron chi connectivity index (χ3n) is 10.5. The van der Waals surface area contributed by atoms with Crippen molar-refractivity contribution in [2.24, 2.45) is 0 Å². The number of hydrogen-bond acceptors (Lipinski definition) is 5. The van der Waals surface area contributed by atoms with Gasteiger partial charge in [0.2, 0.25) is 0 Å². The number of para-hydroxylation sites is 2. The van der Waals surface area contributed by atoms with Crippen LogP contribution >= 0.6 is 11.3 Å². The van der Waals surface area contributed by atoms with Crippen molar-refractivity contribution >= 4 is 71.5 Å². The Labute approximate surface area is 327 Å². The van der Waals surface area contributed by atoms with E-state index in [2.05, 4.69) is 177 Å². The monoisotopic (exact) mass is 736 g/mol. The molecule has 0 aliphatic heterocycles. The number of thiophene rings is 1. The summed E-state index contributed by atoms with van der Waals surface area (Å²) >= 11 is 1.77. The first-order chi connectivity index (χ1) is 27.7. The van der Waals surface area contributed by atoms with E-state index in [0.717, 1.165) is 77.6 Å². The van der Waals surface area contributed by atoms with Gasteiger partial charge in [0.05, 0.1) is 22.4 Å². The molecule has 56 heavy (non-hydrogen) atoms. The second kappa shape index (κ2) is 13.2. The van der Waals surface area contributed by atoms with Crippen molar-refractivity contribution in [3.05, 3.63) is 194 Å². The van der Waals surface area contributed by atoms with E-state index >= 15 is 0 Å². The van der Waals surface area contributed by atoms with Crippen molar-refractivity contribution in [3.63, 3.8) is 0 Å². The summed E-state index contributed by atoms with van der Waals surface area (Å²) in [5, 5.41) is 5.75. The lowest BCUT2D eigenvalue weighted by Gasteiger charge is -2.24. The summed E-state index contributed by atoms with van der Waals surface area (Å²) in [5.41, 5.74) is 12.4. The number of anilines is 3. The fourth-order valence-electron chi connectivity index (χ4n) is 7.93. The molecule has 0 N–H and O–H groups in total. The van der Waals surface area contributed by atoms with Crippen LogP contribution in [-0.4, -0.2) is 14.5 Å². The zero-order chi connectivity index (χ0) is 37.0. The van der Waals surface area contributed by atoms with Crippen LogP contribution in [0.4, 0.5) is 16.4 Å². The molecule has 11 rings (SSSR count). The fourth-order valence-corrected chi connectivity index (χ4v) is 8.97. The van der Waals surface area contributed by atoms with E-state index in [1.807, 2.05) is 36.7 Å². The van der Waals surface area contributed by atoms with Gasteiger partial charge < -0.3 is 13.9 Å². The number of fused-ring (bicyclic) bond motifs is 6. The van der Waals surface area contributed by atoms with Gasteiger partial charge in [-0.3, -0.25) is 9.97 Å². The van der Waals surface area contributed by atoms with Crippen LogP contribution in [0.1, 0.15) is 0 Å². The number of pyridine rings is 2. The molecule has 0 aliphatic carbocycles. The lowest BCUT2D eigenvalue weighted by Crippen LogP contribution is -2.08. The Hall–Kier alpha value is -7.28. The van der Waals surface area contributed by atoms with Crippen molar-refractivity contribution in [1.82, 2.24) is 14.5 Å². The summed E-state index contributed by atoms with van der Waals surface area (Å²) in [7, 11) is 0. The van der Waals surface area contributed by atoms with E-state index in [0.29, 0.717) is 0 Å². The summed E-state index contributed by atoms with van der Waals surface area (Å²) in [6.07, 6.45) is 3.68. The summed E-state index contributed by atoms with van der Waals surface area (Å²) < 4.78 is 8.90. The molecule has 0 bridgehead atoms. The van der Waals surface area contributed by atoms with Crippen LogP contribution in [0.5, 0.6) is 0 Å². The molecule has 6 aromatic carbocycles. The first-order valence-electron chi connectivity index (χ1n) is 18.6. The van der Waals surface area contributed by atoms with Crippen molar-refractivity contribution in [2.45, 2.75) is 0 Å². The molecule has 0 radical (unpaired) electrons. The Bertz CT molecular complexity index is 3120. The molecule has 0 fully saturated rings. The molecular formula is C50H32N4OS. The normalized spacial score (nSPS) is 11.6. The van der Waals surface area contributed by atoms with Gasteiger partial charge in [0.25, 0.3) is 0 Å². The standard InChI is InChI=1S/C50H32N4OS/c1-2-14-36(15-3-1)54-45-21-5-4-18-39(45)40-31-42-41-30-35(22-23-47(41)55-48(42)32-46(40)54)49-24-25-50(56-49)53(37-16-10-12-33(28-37)43-19-6-8-26-51-43)38-17-11-13-34(29-38)44-20-7-9-27-52-44/h1-32H. The highest BCUT2D eigenvalue weighted by atomic mass is 32.1. The molecule has 0 unspecified atom stereocenters.